The molecule has 9 heteroatoms. The Hall–Kier alpha value is -2.71. The summed E-state index contributed by atoms with van der Waals surface area (Å²) in [6, 6.07) is 0. The number of ether oxygens (including phenoxy) is 1. The number of carbonyl (C=O) groups excluding carboxylic acids is 2. The fourth-order valence-electron chi connectivity index (χ4n) is 2.19. The van der Waals surface area contributed by atoms with Crippen molar-refractivity contribution in [2.45, 2.75) is 6.42 Å². The van der Waals surface area contributed by atoms with Gasteiger partial charge in [0, 0.05) is 13.0 Å². The van der Waals surface area contributed by atoms with E-state index in [-0.39, 0.29) is 30.6 Å². The minimum Gasteiger partial charge on any atom is -0.469 e. The number of nitrogens with two attached hydrogens (primary N) is 1. The smallest absolute Gasteiger partial charge is 0.311 e. The van der Waals surface area contributed by atoms with Gasteiger partial charge in [-0.1, -0.05) is 0 Å². The van der Waals surface area contributed by atoms with Gasteiger partial charge in [-0.3, -0.25) is 14.5 Å². The molecule has 0 radical (unpaired) electrons. The summed E-state index contributed by atoms with van der Waals surface area (Å²) >= 11 is 0. The van der Waals surface area contributed by atoms with E-state index in [9.17, 15) is 9.59 Å². The minimum absolute atomic E-state index is 0.0779. The van der Waals surface area contributed by atoms with Gasteiger partial charge in [0.05, 0.1) is 19.4 Å². The van der Waals surface area contributed by atoms with E-state index in [1.165, 1.54) is 18.3 Å². The number of imidazole rings is 1. The number of hydrogen-bond acceptors (Lipinski definition) is 7. The maximum Gasteiger partial charge on any atom is 0.311 e. The van der Waals surface area contributed by atoms with Crippen molar-refractivity contribution in [3.63, 3.8) is 0 Å². The normalized spacial score (nSPS) is 18.8. The van der Waals surface area contributed by atoms with Gasteiger partial charge >= 0.3 is 5.97 Å². The average molecular weight is 276 g/mol. The van der Waals surface area contributed by atoms with Crippen LogP contribution in [0.2, 0.25) is 0 Å². The molecule has 9 nitrogen and oxygen atoms in total. The fourth-order valence-corrected chi connectivity index (χ4v) is 2.19. The number of H-pyrrole nitrogens is 1. The summed E-state index contributed by atoms with van der Waals surface area (Å²) in [5.74, 6) is -0.813. The van der Waals surface area contributed by atoms with E-state index < -0.39 is 11.9 Å². The number of nitrogens with zero attached hydrogens (tertiary/aromatic N) is 4. The molecule has 20 heavy (non-hydrogen) atoms. The van der Waals surface area contributed by atoms with Crippen LogP contribution >= 0.6 is 0 Å². The van der Waals surface area contributed by atoms with Gasteiger partial charge in [0.15, 0.2) is 11.5 Å². The number of rotatable bonds is 2. The average Bonchev–Trinajstić information content (AvgIpc) is 3.04. The number of fused-ring (bicyclic) bond motifs is 1. The van der Waals surface area contributed by atoms with Crippen LogP contribution in [-0.2, 0) is 14.3 Å². The van der Waals surface area contributed by atoms with E-state index in [1.807, 2.05) is 0 Å². The number of methoxy groups -OCH3 is 1. The number of nitrogen functional groups attached to an aromatic ring is 1. The molecule has 3 N–H and O–H groups in total. The van der Waals surface area contributed by atoms with Gasteiger partial charge in [0.1, 0.15) is 5.52 Å². The number of carbonyl (C=O) groups is 2. The summed E-state index contributed by atoms with van der Waals surface area (Å²) in [6.07, 6.45) is 1.52. The van der Waals surface area contributed by atoms with E-state index in [4.69, 9.17) is 5.73 Å². The standard InChI is InChI=1S/C11H12N6O3/c1-20-10(19)5-2-6(18)17(3-5)11-15-8(12)7-9(16-11)14-4-13-7/h4-5H,2-3H2,1H3,(H3,12,13,14,15,16). The Labute approximate surface area is 113 Å². The summed E-state index contributed by atoms with van der Waals surface area (Å²) in [4.78, 5) is 39.8. The van der Waals surface area contributed by atoms with Crippen molar-refractivity contribution in [1.82, 2.24) is 19.9 Å². The monoisotopic (exact) mass is 276 g/mol. The Balaban J connectivity index is 1.95. The second kappa shape index (κ2) is 4.44. The Bertz CT molecular complexity index is 697. The molecule has 1 aliphatic rings. The summed E-state index contributed by atoms with van der Waals surface area (Å²) in [7, 11) is 1.29. The van der Waals surface area contributed by atoms with E-state index >= 15 is 0 Å². The highest BCUT2D eigenvalue weighted by atomic mass is 16.5. The first-order valence-electron chi connectivity index (χ1n) is 5.95. The SMILES string of the molecule is COC(=O)C1CC(=O)N(c2nc(N)c3[nH]cnc3n2)C1. The van der Waals surface area contributed by atoms with Crippen LogP contribution in [0.15, 0.2) is 6.33 Å². The second-order valence-electron chi connectivity index (χ2n) is 4.44. The van der Waals surface area contributed by atoms with Crippen molar-refractivity contribution in [3.8, 4) is 0 Å². The molecule has 1 atom stereocenters. The zero-order valence-electron chi connectivity index (χ0n) is 10.7. The third kappa shape index (κ3) is 1.83. The summed E-state index contributed by atoms with van der Waals surface area (Å²) in [5.41, 5.74) is 6.68. The molecule has 3 heterocycles. The number of hydrogen-bond donors (Lipinski definition) is 2. The molecule has 0 bridgehead atoms. The van der Waals surface area contributed by atoms with Crippen LogP contribution in [0.25, 0.3) is 11.2 Å². The molecule has 1 unspecified atom stereocenters. The molecule has 0 aliphatic carbocycles. The van der Waals surface area contributed by atoms with Crippen molar-refractivity contribution < 1.29 is 14.3 Å². The van der Waals surface area contributed by atoms with Gasteiger partial charge in [-0.05, 0) is 0 Å². The molecular formula is C11H12N6O3. The lowest BCUT2D eigenvalue weighted by Crippen LogP contribution is -2.28. The first kappa shape index (κ1) is 12.3. The predicted molar refractivity (Wildman–Crippen MR) is 68.6 cm³/mol. The first-order valence-corrected chi connectivity index (χ1v) is 5.95. The van der Waals surface area contributed by atoms with Gasteiger partial charge in [-0.2, -0.15) is 9.97 Å². The molecule has 3 rings (SSSR count). The van der Waals surface area contributed by atoms with Crippen LogP contribution in [0.4, 0.5) is 11.8 Å². The zero-order valence-corrected chi connectivity index (χ0v) is 10.7. The zero-order chi connectivity index (χ0) is 14.3. The predicted octanol–water partition coefficient (Wildman–Crippen LogP) is -0.539. The molecule has 1 fully saturated rings. The van der Waals surface area contributed by atoms with Gasteiger partial charge in [-0.15, -0.1) is 0 Å². The lowest BCUT2D eigenvalue weighted by atomic mass is 10.1. The molecule has 2 aromatic heterocycles. The highest BCUT2D eigenvalue weighted by Crippen LogP contribution is 2.25. The number of anilines is 2. The van der Waals surface area contributed by atoms with Crippen molar-refractivity contribution in [2.75, 3.05) is 24.3 Å². The maximum atomic E-state index is 12.0. The molecule has 104 valence electrons. The van der Waals surface area contributed by atoms with E-state index in [0.29, 0.717) is 11.2 Å². The Morgan fingerprint density at radius 2 is 2.35 bits per heavy atom. The van der Waals surface area contributed by atoms with Crippen molar-refractivity contribution in [2.24, 2.45) is 5.92 Å². The third-order valence-corrected chi connectivity index (χ3v) is 3.20. The van der Waals surface area contributed by atoms with Crippen LogP contribution in [-0.4, -0.2) is 45.5 Å². The second-order valence-corrected chi connectivity index (χ2v) is 4.44. The van der Waals surface area contributed by atoms with Gasteiger partial charge in [-0.25, -0.2) is 4.98 Å². The molecule has 2 aromatic rings. The molecule has 1 aliphatic heterocycles. The lowest BCUT2D eigenvalue weighted by Gasteiger charge is -2.14. The summed E-state index contributed by atoms with van der Waals surface area (Å²) in [5, 5.41) is 0. The largest absolute Gasteiger partial charge is 0.469 e. The highest BCUT2D eigenvalue weighted by molar-refractivity contribution is 5.99. The van der Waals surface area contributed by atoms with Crippen LogP contribution in [0, 0.1) is 5.92 Å². The van der Waals surface area contributed by atoms with Crippen LogP contribution < -0.4 is 10.6 Å². The summed E-state index contributed by atoms with van der Waals surface area (Å²) < 4.78 is 4.65. The molecular weight excluding hydrogens is 264 g/mol. The minimum atomic E-state index is -0.507. The van der Waals surface area contributed by atoms with E-state index in [0.717, 1.165) is 0 Å². The van der Waals surface area contributed by atoms with E-state index in [1.54, 1.807) is 0 Å². The number of nitrogens with one attached hydrogen (secondary N) is 1. The Morgan fingerprint density at radius 3 is 3.10 bits per heavy atom. The first-order chi connectivity index (χ1) is 9.60. The fraction of sp³-hybridized carbons (Fsp3) is 0.364. The lowest BCUT2D eigenvalue weighted by molar-refractivity contribution is -0.145. The maximum absolute atomic E-state index is 12.0. The summed E-state index contributed by atoms with van der Waals surface area (Å²) in [6.45, 7) is 0.181. The van der Waals surface area contributed by atoms with Gasteiger partial charge in [0.2, 0.25) is 11.9 Å². The van der Waals surface area contributed by atoms with Crippen molar-refractivity contribution >= 4 is 34.8 Å². The molecule has 1 amide bonds. The quantitative estimate of drug-likeness (QED) is 0.705. The van der Waals surface area contributed by atoms with E-state index in [2.05, 4.69) is 24.7 Å². The van der Waals surface area contributed by atoms with Crippen LogP contribution in [0.3, 0.4) is 0 Å². The number of amides is 1. The van der Waals surface area contributed by atoms with Gasteiger partial charge < -0.3 is 15.5 Å². The molecule has 0 spiro atoms. The topological polar surface area (TPSA) is 127 Å². The van der Waals surface area contributed by atoms with Crippen molar-refractivity contribution in [1.29, 1.82) is 0 Å². The number of esters is 1. The number of aromatic nitrogens is 4. The highest BCUT2D eigenvalue weighted by Gasteiger charge is 2.37. The van der Waals surface area contributed by atoms with Gasteiger partial charge in [0.25, 0.3) is 0 Å². The van der Waals surface area contributed by atoms with Crippen molar-refractivity contribution in [3.05, 3.63) is 6.33 Å². The molecule has 0 saturated carbocycles. The Morgan fingerprint density at radius 1 is 1.55 bits per heavy atom. The number of aromatic amines is 1. The third-order valence-electron chi connectivity index (χ3n) is 3.20. The molecule has 0 aromatic carbocycles. The van der Waals surface area contributed by atoms with Crippen LogP contribution in [0.1, 0.15) is 6.42 Å². The Kier molecular flexibility index (Phi) is 2.74. The van der Waals surface area contributed by atoms with Crippen LogP contribution in [0.5, 0.6) is 0 Å². The molecule has 1 saturated heterocycles.